The van der Waals surface area contributed by atoms with Crippen LogP contribution in [-0.2, 0) is 0 Å². The highest BCUT2D eigenvalue weighted by atomic mass is 32.1. The smallest absolute Gasteiger partial charge is 0.228 e. The molecule has 2 N–H and O–H groups in total. The Bertz CT molecular complexity index is 2860. The summed E-state index contributed by atoms with van der Waals surface area (Å²) in [4.78, 5) is 19.2. The van der Waals surface area contributed by atoms with E-state index in [-0.39, 0.29) is 0 Å². The number of thiazole rings is 1. The molecule has 0 aliphatic rings. The van der Waals surface area contributed by atoms with Crippen molar-refractivity contribution in [2.45, 2.75) is 0 Å². The number of benzene rings is 6. The number of aromatic nitrogens is 7. The summed E-state index contributed by atoms with van der Waals surface area (Å²) in [5.74, 6) is 1.08. The molecule has 0 atom stereocenters. The third kappa shape index (κ3) is 4.30. The Morgan fingerprint density at radius 3 is 2.10 bits per heavy atom. The third-order valence-corrected chi connectivity index (χ3v) is 10.4. The first-order valence-electron chi connectivity index (χ1n) is 16.4. The maximum Gasteiger partial charge on any atom is 0.228 e. The number of aromatic amines is 2. The maximum absolute atomic E-state index is 6.70. The summed E-state index contributed by atoms with van der Waals surface area (Å²) in [6.07, 6.45) is 0. The van der Waals surface area contributed by atoms with Crippen molar-refractivity contribution < 1.29 is 8.94 Å². The molecule has 6 aromatic carbocycles. The lowest BCUT2D eigenvalue weighted by atomic mass is 9.87. The number of fused-ring (bicyclic) bond motifs is 5. The van der Waals surface area contributed by atoms with Crippen molar-refractivity contribution in [3.8, 4) is 55.9 Å². The van der Waals surface area contributed by atoms with Crippen LogP contribution in [0.1, 0.15) is 0 Å². The minimum atomic E-state index is 0.427. The monoisotopic (exact) mass is 677 g/mol. The largest absolute Gasteiger partial charge is 0.436 e. The number of hydrogen-bond donors (Lipinski definition) is 2. The molecular formula is C41H23N7O2S. The maximum atomic E-state index is 6.70. The molecule has 0 fully saturated rings. The Kier molecular flexibility index (Phi) is 5.92. The topological polar surface area (TPSA) is 122 Å². The molecule has 10 heteroatoms. The minimum Gasteiger partial charge on any atom is -0.436 e. The van der Waals surface area contributed by atoms with Gasteiger partial charge in [0.25, 0.3) is 0 Å². The van der Waals surface area contributed by atoms with Crippen LogP contribution in [0.3, 0.4) is 0 Å². The van der Waals surface area contributed by atoms with Crippen LogP contribution in [-0.4, -0.2) is 35.3 Å². The molecule has 0 saturated carbocycles. The van der Waals surface area contributed by atoms with Gasteiger partial charge < -0.3 is 13.9 Å². The molecule has 5 heterocycles. The summed E-state index contributed by atoms with van der Waals surface area (Å²) in [6, 6.07) is 42.1. The fraction of sp³-hybridized carbons (Fsp3) is 0. The molecule has 0 unspecified atom stereocenters. The average molecular weight is 678 g/mol. The molecule has 51 heavy (non-hydrogen) atoms. The molecule has 0 spiro atoms. The van der Waals surface area contributed by atoms with Crippen LogP contribution in [0.25, 0.3) is 110 Å². The SMILES string of the molecule is c1ccc2[nH]c(-c3c(-c4n[nH]c5ccccc45)cc(-c4noc5ccccc45)c(-c4nc5ccccc5s4)c3-c3nc4ccccc4o3)nc2c1. The fourth-order valence-electron chi connectivity index (χ4n) is 7.02. The van der Waals surface area contributed by atoms with E-state index in [2.05, 4.69) is 28.3 Å². The van der Waals surface area contributed by atoms with E-state index < -0.39 is 0 Å². The number of nitrogens with one attached hydrogen (secondary N) is 2. The fourth-order valence-corrected chi connectivity index (χ4v) is 8.05. The molecule has 0 saturated heterocycles. The van der Waals surface area contributed by atoms with E-state index in [4.69, 9.17) is 34.1 Å². The Balaban J connectivity index is 1.38. The van der Waals surface area contributed by atoms with Crippen molar-refractivity contribution in [2.24, 2.45) is 0 Å². The highest BCUT2D eigenvalue weighted by molar-refractivity contribution is 7.21. The molecule has 11 rings (SSSR count). The van der Waals surface area contributed by atoms with Crippen LogP contribution in [0.2, 0.25) is 0 Å². The van der Waals surface area contributed by atoms with Gasteiger partial charge in [-0.3, -0.25) is 5.10 Å². The summed E-state index contributed by atoms with van der Waals surface area (Å²) in [7, 11) is 0. The standard InChI is InChI=1S/C41H23N7O2S/c1-3-13-26-22(11-1)37(47-46-26)24-21-25(38-23-12-2-8-18-31(23)50-48-38)35(41-45-30-17-7-10-20-33(30)51-41)36(40-44-29-16-6-9-19-32(29)49-40)34(24)39-42-27-14-4-5-15-28(27)43-39/h1-21H,(H,42,43)(H,46,47). The van der Waals surface area contributed by atoms with Crippen LogP contribution in [0.15, 0.2) is 136 Å². The molecule has 0 aliphatic carbocycles. The van der Waals surface area contributed by atoms with Gasteiger partial charge in [0.05, 0.1) is 32.3 Å². The summed E-state index contributed by atoms with van der Waals surface area (Å²) in [6.45, 7) is 0. The zero-order valence-electron chi connectivity index (χ0n) is 26.6. The molecule has 11 aromatic rings. The minimum absolute atomic E-state index is 0.427. The van der Waals surface area contributed by atoms with E-state index in [0.29, 0.717) is 28.6 Å². The van der Waals surface area contributed by atoms with Crippen molar-refractivity contribution in [1.29, 1.82) is 0 Å². The molecule has 240 valence electrons. The van der Waals surface area contributed by atoms with Crippen LogP contribution in [0.4, 0.5) is 0 Å². The van der Waals surface area contributed by atoms with Gasteiger partial charge in [-0.2, -0.15) is 5.10 Å². The lowest BCUT2D eigenvalue weighted by Crippen LogP contribution is -1.99. The normalized spacial score (nSPS) is 11.9. The van der Waals surface area contributed by atoms with Gasteiger partial charge in [-0.05, 0) is 60.7 Å². The number of H-pyrrole nitrogens is 2. The lowest BCUT2D eigenvalue weighted by molar-refractivity contribution is 0.459. The van der Waals surface area contributed by atoms with Crippen LogP contribution >= 0.6 is 11.3 Å². The van der Waals surface area contributed by atoms with Crippen LogP contribution < -0.4 is 0 Å². The van der Waals surface area contributed by atoms with Crippen molar-refractivity contribution in [1.82, 2.24) is 35.3 Å². The van der Waals surface area contributed by atoms with Gasteiger partial charge in [-0.25, -0.2) is 15.0 Å². The van der Waals surface area contributed by atoms with Crippen molar-refractivity contribution in [3.05, 3.63) is 127 Å². The van der Waals surface area contributed by atoms with Crippen LogP contribution in [0.5, 0.6) is 0 Å². The number of hydrogen-bond acceptors (Lipinski definition) is 8. The van der Waals surface area contributed by atoms with E-state index in [1.165, 1.54) is 0 Å². The van der Waals surface area contributed by atoms with E-state index in [9.17, 15) is 0 Å². The molecule has 5 aromatic heterocycles. The third-order valence-electron chi connectivity index (χ3n) is 9.33. The first kappa shape index (κ1) is 28.0. The summed E-state index contributed by atoms with van der Waals surface area (Å²) in [5.41, 5.74) is 11.0. The van der Waals surface area contributed by atoms with Gasteiger partial charge in [0, 0.05) is 33.0 Å². The predicted octanol–water partition coefficient (Wildman–Crippen LogP) is 10.7. The lowest BCUT2D eigenvalue weighted by Gasteiger charge is -2.18. The van der Waals surface area contributed by atoms with Gasteiger partial charge >= 0.3 is 0 Å². The first-order chi connectivity index (χ1) is 25.3. The molecule has 0 bridgehead atoms. The zero-order chi connectivity index (χ0) is 33.5. The van der Waals surface area contributed by atoms with Crippen molar-refractivity contribution >= 4 is 65.6 Å². The summed E-state index contributed by atoms with van der Waals surface area (Å²) >= 11 is 1.61. The average Bonchev–Trinajstić information content (AvgIpc) is 4.02. The Labute approximate surface area is 292 Å². The zero-order valence-corrected chi connectivity index (χ0v) is 27.4. The number of imidazole rings is 1. The van der Waals surface area contributed by atoms with Gasteiger partial charge in [0.15, 0.2) is 11.2 Å². The Hall–Kier alpha value is -6.91. The van der Waals surface area contributed by atoms with Crippen molar-refractivity contribution in [3.63, 3.8) is 0 Å². The highest BCUT2D eigenvalue weighted by Crippen LogP contribution is 2.52. The summed E-state index contributed by atoms with van der Waals surface area (Å²) < 4.78 is 13.7. The quantitative estimate of drug-likeness (QED) is 0.186. The second kappa shape index (κ2) is 10.8. The highest BCUT2D eigenvalue weighted by Gasteiger charge is 2.32. The van der Waals surface area contributed by atoms with Gasteiger partial charge in [-0.1, -0.05) is 71.9 Å². The first-order valence-corrected chi connectivity index (χ1v) is 17.2. The second-order valence-electron chi connectivity index (χ2n) is 12.3. The molecule has 9 nitrogen and oxygen atoms in total. The van der Waals surface area contributed by atoms with E-state index in [1.54, 1.807) is 11.3 Å². The molecule has 0 amide bonds. The second-order valence-corrected chi connectivity index (χ2v) is 13.3. The Morgan fingerprint density at radius 2 is 1.25 bits per heavy atom. The van der Waals surface area contributed by atoms with Crippen LogP contribution in [0, 0.1) is 0 Å². The predicted molar refractivity (Wildman–Crippen MR) is 201 cm³/mol. The van der Waals surface area contributed by atoms with Gasteiger partial charge in [0.1, 0.15) is 27.7 Å². The van der Waals surface area contributed by atoms with Gasteiger partial charge in [-0.15, -0.1) is 11.3 Å². The number of para-hydroxylation sites is 7. The van der Waals surface area contributed by atoms with E-state index in [0.717, 1.165) is 81.6 Å². The molecular weight excluding hydrogens is 655 g/mol. The van der Waals surface area contributed by atoms with Gasteiger partial charge in [0.2, 0.25) is 5.89 Å². The number of oxazole rings is 1. The summed E-state index contributed by atoms with van der Waals surface area (Å²) in [5, 5.41) is 15.5. The molecule has 0 aliphatic heterocycles. The molecule has 0 radical (unpaired) electrons. The number of nitrogens with zero attached hydrogens (tertiary/aromatic N) is 5. The van der Waals surface area contributed by atoms with E-state index >= 15 is 0 Å². The Morgan fingerprint density at radius 1 is 0.549 bits per heavy atom. The van der Waals surface area contributed by atoms with E-state index in [1.807, 2.05) is 109 Å². The number of rotatable bonds is 5. The van der Waals surface area contributed by atoms with Crippen molar-refractivity contribution in [2.75, 3.05) is 0 Å².